The van der Waals surface area contributed by atoms with Crippen molar-refractivity contribution >= 4 is 39.2 Å². The summed E-state index contributed by atoms with van der Waals surface area (Å²) in [6, 6.07) is 16.9. The summed E-state index contributed by atoms with van der Waals surface area (Å²) in [5.41, 5.74) is 3.00. The molecular formula is C23H18ClN3O3. The molecule has 0 radical (unpaired) electrons. The van der Waals surface area contributed by atoms with Crippen molar-refractivity contribution in [2.45, 2.75) is 6.54 Å². The second-order valence-electron chi connectivity index (χ2n) is 6.95. The van der Waals surface area contributed by atoms with Gasteiger partial charge in [0, 0.05) is 16.6 Å². The monoisotopic (exact) mass is 419 g/mol. The lowest BCUT2D eigenvalue weighted by Crippen LogP contribution is -2.23. The molecule has 0 amide bonds. The number of methoxy groups -OCH3 is 2. The van der Waals surface area contributed by atoms with Gasteiger partial charge in [-0.05, 0) is 42.0 Å². The van der Waals surface area contributed by atoms with Crippen LogP contribution in [0.3, 0.4) is 0 Å². The van der Waals surface area contributed by atoms with E-state index < -0.39 is 0 Å². The van der Waals surface area contributed by atoms with Crippen LogP contribution in [0.5, 0.6) is 11.5 Å². The van der Waals surface area contributed by atoms with Crippen LogP contribution in [0.15, 0.2) is 65.6 Å². The Balaban J connectivity index is 1.95. The number of nitrogens with zero attached hydrogens (tertiary/aromatic N) is 3. The zero-order chi connectivity index (χ0) is 20.8. The number of benzene rings is 2. The summed E-state index contributed by atoms with van der Waals surface area (Å²) in [6.45, 7) is 0.367. The summed E-state index contributed by atoms with van der Waals surface area (Å²) >= 11 is 6.04. The molecule has 150 valence electrons. The predicted octanol–water partition coefficient (Wildman–Crippen LogP) is 4.52. The number of imidazole rings is 1. The van der Waals surface area contributed by atoms with Gasteiger partial charge >= 0.3 is 0 Å². The highest BCUT2D eigenvalue weighted by atomic mass is 35.5. The molecule has 6 nitrogen and oxygen atoms in total. The van der Waals surface area contributed by atoms with Gasteiger partial charge in [0.15, 0.2) is 11.5 Å². The Morgan fingerprint density at radius 2 is 1.80 bits per heavy atom. The Hall–Kier alpha value is -3.51. The number of halogens is 1. The van der Waals surface area contributed by atoms with E-state index in [2.05, 4.69) is 0 Å². The largest absolute Gasteiger partial charge is 0.493 e. The normalized spacial score (nSPS) is 11.4. The Morgan fingerprint density at radius 1 is 1.00 bits per heavy atom. The van der Waals surface area contributed by atoms with E-state index in [1.54, 1.807) is 17.7 Å². The molecule has 0 atom stereocenters. The molecule has 7 heteroatoms. The lowest BCUT2D eigenvalue weighted by atomic mass is 10.1. The molecule has 0 aliphatic rings. The molecule has 0 bridgehead atoms. The molecule has 0 spiro atoms. The van der Waals surface area contributed by atoms with Gasteiger partial charge in [0.1, 0.15) is 16.8 Å². The van der Waals surface area contributed by atoms with Crippen LogP contribution in [-0.4, -0.2) is 28.2 Å². The van der Waals surface area contributed by atoms with Crippen molar-refractivity contribution in [3.8, 4) is 11.5 Å². The number of pyridine rings is 2. The Bertz CT molecular complexity index is 1470. The third-order valence-electron chi connectivity index (χ3n) is 5.27. The van der Waals surface area contributed by atoms with Crippen molar-refractivity contribution in [3.05, 3.63) is 81.7 Å². The quantitative estimate of drug-likeness (QED) is 0.429. The lowest BCUT2D eigenvalue weighted by molar-refractivity contribution is 0.358. The highest BCUT2D eigenvalue weighted by molar-refractivity contribution is 6.30. The van der Waals surface area contributed by atoms with Crippen molar-refractivity contribution in [2.24, 2.45) is 0 Å². The van der Waals surface area contributed by atoms with E-state index >= 15 is 0 Å². The number of fused-ring (bicyclic) bond motifs is 5. The Kier molecular flexibility index (Phi) is 4.37. The van der Waals surface area contributed by atoms with E-state index in [1.807, 2.05) is 59.1 Å². The first kappa shape index (κ1) is 18.5. The Morgan fingerprint density at radius 3 is 2.53 bits per heavy atom. The molecule has 2 aromatic carbocycles. The summed E-state index contributed by atoms with van der Waals surface area (Å²) < 4.78 is 14.7. The van der Waals surface area contributed by atoms with Crippen LogP contribution in [0.25, 0.3) is 27.6 Å². The van der Waals surface area contributed by atoms with Crippen molar-refractivity contribution in [3.63, 3.8) is 0 Å². The second kappa shape index (κ2) is 7.07. The third kappa shape index (κ3) is 2.72. The molecule has 0 aliphatic heterocycles. The van der Waals surface area contributed by atoms with Crippen LogP contribution in [0.2, 0.25) is 5.02 Å². The summed E-state index contributed by atoms with van der Waals surface area (Å²) in [6.07, 6.45) is 1.91. The summed E-state index contributed by atoms with van der Waals surface area (Å²) in [4.78, 5) is 18.6. The van der Waals surface area contributed by atoms with Crippen molar-refractivity contribution < 1.29 is 9.47 Å². The molecule has 0 aliphatic carbocycles. The van der Waals surface area contributed by atoms with Gasteiger partial charge in [-0.15, -0.1) is 0 Å². The van der Waals surface area contributed by atoms with Gasteiger partial charge in [-0.3, -0.25) is 13.8 Å². The fourth-order valence-electron chi connectivity index (χ4n) is 3.91. The standard InChI is InChI=1S/C23H18ClN3O3/c1-29-17-11-10-16-19(21(17)30-2)23(28)27(13-14-6-8-15(24)9-7-14)22-20(16)25-18-5-3-4-12-26(18)22/h3-12H,13H2,1-2H3. The fraction of sp³-hybridized carbons (Fsp3) is 0.130. The van der Waals surface area contributed by atoms with Gasteiger partial charge in [-0.1, -0.05) is 29.8 Å². The van der Waals surface area contributed by atoms with Gasteiger partial charge in [0.05, 0.1) is 26.2 Å². The molecule has 0 fully saturated rings. The number of aromatic nitrogens is 3. The maximum Gasteiger partial charge on any atom is 0.264 e. The zero-order valence-electron chi connectivity index (χ0n) is 16.4. The van der Waals surface area contributed by atoms with Gasteiger partial charge in [-0.25, -0.2) is 4.98 Å². The maximum atomic E-state index is 13.8. The molecule has 0 N–H and O–H groups in total. The summed E-state index contributed by atoms with van der Waals surface area (Å²) in [7, 11) is 3.09. The summed E-state index contributed by atoms with van der Waals surface area (Å²) in [5, 5.41) is 1.82. The molecule has 0 saturated heterocycles. The minimum atomic E-state index is -0.172. The average Bonchev–Trinajstić information content (AvgIpc) is 3.16. The second-order valence-corrected chi connectivity index (χ2v) is 7.39. The molecule has 30 heavy (non-hydrogen) atoms. The van der Waals surface area contributed by atoms with Crippen LogP contribution in [-0.2, 0) is 6.54 Å². The highest BCUT2D eigenvalue weighted by Gasteiger charge is 2.21. The maximum absolute atomic E-state index is 13.8. The van der Waals surface area contributed by atoms with E-state index in [0.717, 1.165) is 27.8 Å². The van der Waals surface area contributed by atoms with E-state index in [0.29, 0.717) is 28.5 Å². The number of rotatable bonds is 4. The SMILES string of the molecule is COc1ccc2c(c1OC)c(=O)n(Cc1ccc(Cl)cc1)c1c2nc2ccccn21. The van der Waals surface area contributed by atoms with Crippen LogP contribution >= 0.6 is 11.6 Å². The summed E-state index contributed by atoms with van der Waals surface area (Å²) in [5.74, 6) is 0.909. The molecule has 0 unspecified atom stereocenters. The van der Waals surface area contributed by atoms with Crippen molar-refractivity contribution in [2.75, 3.05) is 14.2 Å². The highest BCUT2D eigenvalue weighted by Crippen LogP contribution is 2.36. The molecule has 0 saturated carbocycles. The number of hydrogen-bond acceptors (Lipinski definition) is 4. The van der Waals surface area contributed by atoms with Crippen LogP contribution < -0.4 is 15.0 Å². The molecule has 5 rings (SSSR count). The first-order valence-corrected chi connectivity index (χ1v) is 9.79. The molecule has 5 aromatic rings. The van der Waals surface area contributed by atoms with E-state index in [1.165, 1.54) is 7.11 Å². The minimum Gasteiger partial charge on any atom is -0.493 e. The first-order valence-electron chi connectivity index (χ1n) is 9.41. The first-order chi connectivity index (χ1) is 14.6. The molecular weight excluding hydrogens is 402 g/mol. The van der Waals surface area contributed by atoms with Gasteiger partial charge in [-0.2, -0.15) is 0 Å². The topological polar surface area (TPSA) is 57.8 Å². The van der Waals surface area contributed by atoms with E-state index in [4.69, 9.17) is 26.1 Å². The smallest absolute Gasteiger partial charge is 0.264 e. The molecule has 3 aromatic heterocycles. The number of ether oxygens (including phenoxy) is 2. The predicted molar refractivity (Wildman–Crippen MR) is 118 cm³/mol. The van der Waals surface area contributed by atoms with Crippen LogP contribution in [0.1, 0.15) is 5.56 Å². The third-order valence-corrected chi connectivity index (χ3v) is 5.53. The van der Waals surface area contributed by atoms with Crippen molar-refractivity contribution in [1.82, 2.24) is 14.0 Å². The van der Waals surface area contributed by atoms with Crippen molar-refractivity contribution in [1.29, 1.82) is 0 Å². The van der Waals surface area contributed by atoms with Crippen LogP contribution in [0.4, 0.5) is 0 Å². The van der Waals surface area contributed by atoms with Crippen LogP contribution in [0, 0.1) is 0 Å². The fourth-order valence-corrected chi connectivity index (χ4v) is 4.03. The lowest BCUT2D eigenvalue weighted by Gasteiger charge is -2.14. The molecule has 3 heterocycles. The zero-order valence-corrected chi connectivity index (χ0v) is 17.2. The van der Waals surface area contributed by atoms with E-state index in [9.17, 15) is 4.79 Å². The number of hydrogen-bond donors (Lipinski definition) is 0. The van der Waals surface area contributed by atoms with Gasteiger partial charge < -0.3 is 9.47 Å². The van der Waals surface area contributed by atoms with Gasteiger partial charge in [0.25, 0.3) is 5.56 Å². The van der Waals surface area contributed by atoms with Gasteiger partial charge in [0.2, 0.25) is 0 Å². The Labute approximate surface area is 176 Å². The average molecular weight is 420 g/mol. The minimum absolute atomic E-state index is 0.172. The van der Waals surface area contributed by atoms with E-state index in [-0.39, 0.29) is 5.56 Å².